The first-order chi connectivity index (χ1) is 15.8. The summed E-state index contributed by atoms with van der Waals surface area (Å²) in [4.78, 5) is 39.5. The molecule has 33 heavy (non-hydrogen) atoms. The van der Waals surface area contributed by atoms with Gasteiger partial charge in [-0.05, 0) is 31.2 Å². The van der Waals surface area contributed by atoms with E-state index in [0.29, 0.717) is 5.69 Å². The number of carbonyl (C=O) groups excluding carboxylic acids is 3. The first-order valence-electron chi connectivity index (χ1n) is 10.0. The van der Waals surface area contributed by atoms with Crippen molar-refractivity contribution in [2.75, 3.05) is 23.9 Å². The van der Waals surface area contributed by atoms with Crippen LogP contribution in [0.15, 0.2) is 47.0 Å². The van der Waals surface area contributed by atoms with Gasteiger partial charge in [0.05, 0.1) is 23.1 Å². The van der Waals surface area contributed by atoms with Crippen molar-refractivity contribution in [1.29, 1.82) is 0 Å². The Labute approximate surface area is 199 Å². The van der Waals surface area contributed by atoms with Gasteiger partial charge in [-0.1, -0.05) is 52.1 Å². The molecule has 2 amide bonds. The van der Waals surface area contributed by atoms with Crippen molar-refractivity contribution in [2.45, 2.75) is 13.3 Å². The minimum atomic E-state index is -0.790. The molecule has 4 rings (SSSR count). The predicted molar refractivity (Wildman–Crippen MR) is 124 cm³/mol. The number of benzene rings is 2. The van der Waals surface area contributed by atoms with Crippen molar-refractivity contribution in [2.24, 2.45) is 5.92 Å². The van der Waals surface area contributed by atoms with E-state index in [0.717, 1.165) is 5.56 Å². The molecule has 1 aliphatic heterocycles. The van der Waals surface area contributed by atoms with Gasteiger partial charge < -0.3 is 14.2 Å². The molecule has 1 fully saturated rings. The Kier molecular flexibility index (Phi) is 6.40. The van der Waals surface area contributed by atoms with Gasteiger partial charge in [0.15, 0.2) is 5.56 Å². The molecule has 0 radical (unpaired) electrons. The van der Waals surface area contributed by atoms with Crippen LogP contribution in [-0.2, 0) is 14.3 Å². The van der Waals surface area contributed by atoms with E-state index >= 15 is 0 Å². The number of ether oxygens (including phenoxy) is 1. The molecule has 10 heteroatoms. The van der Waals surface area contributed by atoms with Crippen molar-refractivity contribution in [1.82, 2.24) is 5.16 Å². The van der Waals surface area contributed by atoms with Crippen LogP contribution in [0.5, 0.6) is 0 Å². The minimum Gasteiger partial charge on any atom is -0.465 e. The van der Waals surface area contributed by atoms with Crippen LogP contribution in [0.1, 0.15) is 22.3 Å². The highest BCUT2D eigenvalue weighted by Gasteiger charge is 2.37. The first kappa shape index (κ1) is 22.8. The Hall–Kier alpha value is -3.36. The third-order valence-electron chi connectivity index (χ3n) is 5.36. The van der Waals surface area contributed by atoms with Gasteiger partial charge in [-0.3, -0.25) is 14.9 Å². The van der Waals surface area contributed by atoms with E-state index in [-0.39, 0.29) is 51.6 Å². The monoisotopic (exact) mass is 487 g/mol. The molecule has 3 aromatic rings. The van der Waals surface area contributed by atoms with Crippen LogP contribution >= 0.6 is 23.2 Å². The van der Waals surface area contributed by atoms with E-state index in [1.54, 1.807) is 23.1 Å². The second-order valence-corrected chi connectivity index (χ2v) is 8.37. The lowest BCUT2D eigenvalue weighted by atomic mass is 10.1. The summed E-state index contributed by atoms with van der Waals surface area (Å²) in [7, 11) is 1.19. The van der Waals surface area contributed by atoms with Gasteiger partial charge in [0.1, 0.15) is 5.69 Å². The van der Waals surface area contributed by atoms with E-state index < -0.39 is 17.8 Å². The van der Waals surface area contributed by atoms with Crippen LogP contribution in [-0.4, -0.2) is 36.6 Å². The molecular weight excluding hydrogens is 469 g/mol. The maximum atomic E-state index is 13.0. The number of nitrogens with zero attached hydrogens (tertiary/aromatic N) is 2. The van der Waals surface area contributed by atoms with Crippen molar-refractivity contribution in [3.63, 3.8) is 0 Å². The maximum Gasteiger partial charge on any atom is 0.345 e. The zero-order valence-electron chi connectivity index (χ0n) is 17.7. The molecule has 0 saturated carbocycles. The van der Waals surface area contributed by atoms with Crippen molar-refractivity contribution >= 4 is 52.6 Å². The number of esters is 1. The lowest BCUT2D eigenvalue weighted by molar-refractivity contribution is -0.122. The molecule has 1 aliphatic rings. The van der Waals surface area contributed by atoms with Gasteiger partial charge in [-0.2, -0.15) is 0 Å². The highest BCUT2D eigenvalue weighted by molar-refractivity contribution is 6.39. The lowest BCUT2D eigenvalue weighted by Crippen LogP contribution is -2.28. The molecule has 1 unspecified atom stereocenters. The average Bonchev–Trinajstić information content (AvgIpc) is 3.37. The number of rotatable bonds is 5. The molecule has 1 saturated heterocycles. The van der Waals surface area contributed by atoms with E-state index in [9.17, 15) is 14.4 Å². The standard InChI is InChI=1S/C23H19Cl2N3O5/c1-12-6-8-14(9-7-12)28-11-13(10-17(28)29)21(30)26-22-19(23(31)32-2)20(27-33-22)18-15(24)4-3-5-16(18)25/h3-9,13H,10-11H2,1-2H3,(H,26,30). The number of carbonyl (C=O) groups is 3. The Morgan fingerprint density at radius 1 is 1.15 bits per heavy atom. The molecule has 0 aliphatic carbocycles. The highest BCUT2D eigenvalue weighted by atomic mass is 35.5. The highest BCUT2D eigenvalue weighted by Crippen LogP contribution is 2.39. The minimum absolute atomic E-state index is 0.0185. The number of hydrogen-bond acceptors (Lipinski definition) is 6. The van der Waals surface area contributed by atoms with Gasteiger partial charge >= 0.3 is 5.97 Å². The molecule has 2 heterocycles. The summed E-state index contributed by atoms with van der Waals surface area (Å²) < 4.78 is 10.1. The van der Waals surface area contributed by atoms with Gasteiger partial charge in [-0.25, -0.2) is 4.79 Å². The molecule has 1 N–H and O–H groups in total. The molecule has 8 nitrogen and oxygen atoms in total. The normalized spacial score (nSPS) is 15.6. The number of methoxy groups -OCH3 is 1. The number of hydrogen-bond donors (Lipinski definition) is 1. The van der Waals surface area contributed by atoms with Gasteiger partial charge in [0, 0.05) is 24.2 Å². The second-order valence-electron chi connectivity index (χ2n) is 7.55. The molecule has 170 valence electrons. The Morgan fingerprint density at radius 3 is 2.45 bits per heavy atom. The molecule has 0 spiro atoms. The lowest BCUT2D eigenvalue weighted by Gasteiger charge is -2.16. The van der Waals surface area contributed by atoms with Crippen LogP contribution in [0.25, 0.3) is 11.3 Å². The number of halogens is 2. The van der Waals surface area contributed by atoms with Crippen molar-refractivity contribution in [3.05, 3.63) is 63.6 Å². The molecular formula is C23H19Cl2N3O5. The fraction of sp³-hybridized carbons (Fsp3) is 0.217. The maximum absolute atomic E-state index is 13.0. The van der Waals surface area contributed by atoms with Crippen molar-refractivity contribution in [3.8, 4) is 11.3 Å². The fourth-order valence-corrected chi connectivity index (χ4v) is 4.21. The summed E-state index contributed by atoms with van der Waals surface area (Å²) >= 11 is 12.5. The van der Waals surface area contributed by atoms with Gasteiger partial charge in [-0.15, -0.1) is 0 Å². The number of nitrogens with one attached hydrogen (secondary N) is 1. The van der Waals surface area contributed by atoms with E-state index in [2.05, 4.69) is 10.5 Å². The summed E-state index contributed by atoms with van der Waals surface area (Å²) in [6, 6.07) is 12.3. The fourth-order valence-electron chi connectivity index (χ4n) is 3.63. The van der Waals surface area contributed by atoms with Crippen LogP contribution in [0.4, 0.5) is 11.6 Å². The average molecular weight is 488 g/mol. The third-order valence-corrected chi connectivity index (χ3v) is 5.99. The Balaban J connectivity index is 1.60. The number of aromatic nitrogens is 1. The van der Waals surface area contributed by atoms with E-state index in [1.165, 1.54) is 7.11 Å². The number of amides is 2. The summed E-state index contributed by atoms with van der Waals surface area (Å²) in [5.41, 5.74) is 1.96. The molecule has 2 aromatic carbocycles. The Bertz CT molecular complexity index is 1220. The second kappa shape index (κ2) is 9.25. The van der Waals surface area contributed by atoms with Gasteiger partial charge in [0.25, 0.3) is 0 Å². The zero-order chi connectivity index (χ0) is 23.7. The number of aryl methyl sites for hydroxylation is 1. The Morgan fingerprint density at radius 2 is 1.82 bits per heavy atom. The third kappa shape index (κ3) is 4.44. The van der Waals surface area contributed by atoms with Gasteiger partial charge in [0.2, 0.25) is 17.7 Å². The van der Waals surface area contributed by atoms with Crippen molar-refractivity contribution < 1.29 is 23.6 Å². The summed E-state index contributed by atoms with van der Waals surface area (Å²) in [6.07, 6.45) is 0.0185. The van der Waals surface area contributed by atoms with Crippen LogP contribution < -0.4 is 10.2 Å². The van der Waals surface area contributed by atoms with E-state index in [1.807, 2.05) is 31.2 Å². The van der Waals surface area contributed by atoms with E-state index in [4.69, 9.17) is 32.5 Å². The summed E-state index contributed by atoms with van der Waals surface area (Å²) in [6.45, 7) is 2.14. The zero-order valence-corrected chi connectivity index (χ0v) is 19.2. The molecule has 1 atom stereocenters. The number of anilines is 2. The molecule has 0 bridgehead atoms. The summed E-state index contributed by atoms with van der Waals surface area (Å²) in [5.74, 6) is -2.31. The smallest absolute Gasteiger partial charge is 0.345 e. The topological polar surface area (TPSA) is 102 Å². The predicted octanol–water partition coefficient (Wildman–Crippen LogP) is 4.74. The quantitative estimate of drug-likeness (QED) is 0.521. The largest absolute Gasteiger partial charge is 0.465 e. The summed E-state index contributed by atoms with van der Waals surface area (Å²) in [5, 5.41) is 6.96. The SMILES string of the molecule is COC(=O)c1c(-c2c(Cl)cccc2Cl)noc1NC(=O)C1CC(=O)N(c2ccc(C)cc2)C1. The van der Waals surface area contributed by atoms with Crippen LogP contribution in [0, 0.1) is 12.8 Å². The first-order valence-corrected chi connectivity index (χ1v) is 10.8. The van der Waals surface area contributed by atoms with Crippen LogP contribution in [0.2, 0.25) is 10.0 Å². The van der Waals surface area contributed by atoms with Crippen LogP contribution in [0.3, 0.4) is 0 Å². The molecule has 1 aromatic heterocycles.